The van der Waals surface area contributed by atoms with Gasteiger partial charge in [-0.05, 0) is 37.9 Å². The van der Waals surface area contributed by atoms with Crippen molar-refractivity contribution in [2.75, 3.05) is 45.8 Å². The van der Waals surface area contributed by atoms with Gasteiger partial charge in [0.1, 0.15) is 11.5 Å². The van der Waals surface area contributed by atoms with Gasteiger partial charge in [-0.15, -0.1) is 0 Å². The minimum atomic E-state index is 0.194. The molecule has 1 N–H and O–H groups in total. The molecule has 1 fully saturated rings. The third-order valence-corrected chi connectivity index (χ3v) is 4.85. The highest BCUT2D eigenvalue weighted by atomic mass is 16.5. The van der Waals surface area contributed by atoms with Crippen LogP contribution in [-0.2, 0) is 5.41 Å². The van der Waals surface area contributed by atoms with Gasteiger partial charge in [0.2, 0.25) is 0 Å². The Labute approximate surface area is 121 Å². The van der Waals surface area contributed by atoms with Crippen molar-refractivity contribution < 1.29 is 9.47 Å². The molecular weight excluding hydrogens is 252 g/mol. The highest BCUT2D eigenvalue weighted by molar-refractivity contribution is 5.71. The third kappa shape index (κ3) is 1.94. The number of anilines is 1. The number of rotatable bonds is 2. The molecule has 4 heteroatoms. The summed E-state index contributed by atoms with van der Waals surface area (Å²) in [5.41, 5.74) is 2.75. The van der Waals surface area contributed by atoms with E-state index in [9.17, 15) is 0 Å². The Morgan fingerprint density at radius 3 is 2.55 bits per heavy atom. The number of hydrogen-bond donors (Lipinski definition) is 1. The van der Waals surface area contributed by atoms with Gasteiger partial charge in [0.05, 0.1) is 19.9 Å². The van der Waals surface area contributed by atoms with E-state index in [1.54, 1.807) is 14.2 Å². The Kier molecular flexibility index (Phi) is 3.50. The zero-order valence-corrected chi connectivity index (χ0v) is 12.7. The maximum Gasteiger partial charge on any atom is 0.142 e. The molecule has 2 heterocycles. The van der Waals surface area contributed by atoms with Crippen molar-refractivity contribution in [2.24, 2.45) is 0 Å². The van der Waals surface area contributed by atoms with Crippen molar-refractivity contribution in [3.05, 3.63) is 17.7 Å². The van der Waals surface area contributed by atoms with E-state index >= 15 is 0 Å². The van der Waals surface area contributed by atoms with Crippen LogP contribution in [0.15, 0.2) is 12.1 Å². The fraction of sp³-hybridized carbons (Fsp3) is 0.625. The van der Waals surface area contributed by atoms with Crippen molar-refractivity contribution in [1.82, 2.24) is 5.32 Å². The van der Waals surface area contributed by atoms with E-state index in [-0.39, 0.29) is 5.41 Å². The number of nitrogens with zero attached hydrogens (tertiary/aromatic N) is 1. The van der Waals surface area contributed by atoms with Crippen LogP contribution in [0.3, 0.4) is 0 Å². The second kappa shape index (κ2) is 5.17. The van der Waals surface area contributed by atoms with Crippen LogP contribution < -0.4 is 19.7 Å². The van der Waals surface area contributed by atoms with E-state index < -0.39 is 0 Å². The Bertz CT molecular complexity index is 495. The van der Waals surface area contributed by atoms with Crippen LogP contribution in [0.25, 0.3) is 0 Å². The zero-order valence-electron chi connectivity index (χ0n) is 12.7. The molecule has 1 atom stereocenters. The minimum absolute atomic E-state index is 0.194. The Balaban J connectivity index is 2.25. The predicted octanol–water partition coefficient (Wildman–Crippen LogP) is 2.16. The van der Waals surface area contributed by atoms with E-state index in [0.717, 1.165) is 31.1 Å². The standard InChI is InChI=1S/C16H24N2O2/c1-18-10-4-7-16(8-9-17-11-16)14-12(19-2)5-6-13(20-3)15(14)18/h5-6,17H,4,7-11H2,1-3H3. The van der Waals surface area contributed by atoms with Gasteiger partial charge in [0.25, 0.3) is 0 Å². The van der Waals surface area contributed by atoms with Crippen molar-refractivity contribution in [3.8, 4) is 11.5 Å². The Hall–Kier alpha value is -1.42. The third-order valence-electron chi connectivity index (χ3n) is 4.85. The molecule has 0 saturated carbocycles. The first-order chi connectivity index (χ1) is 9.72. The average Bonchev–Trinajstić information content (AvgIpc) is 2.89. The SMILES string of the molecule is COc1ccc(OC)c2c1N(C)CCCC21CCNC1. The maximum atomic E-state index is 5.69. The molecule has 1 aromatic rings. The Morgan fingerprint density at radius 2 is 1.90 bits per heavy atom. The number of nitrogens with one attached hydrogen (secondary N) is 1. The molecule has 2 aliphatic heterocycles. The lowest BCUT2D eigenvalue weighted by Crippen LogP contribution is -2.29. The largest absolute Gasteiger partial charge is 0.496 e. The van der Waals surface area contributed by atoms with E-state index in [1.807, 2.05) is 6.07 Å². The molecule has 20 heavy (non-hydrogen) atoms. The monoisotopic (exact) mass is 276 g/mol. The lowest BCUT2D eigenvalue weighted by atomic mass is 9.75. The van der Waals surface area contributed by atoms with E-state index in [0.29, 0.717) is 0 Å². The van der Waals surface area contributed by atoms with Crippen molar-refractivity contribution in [3.63, 3.8) is 0 Å². The molecular formula is C16H24N2O2. The number of fused-ring (bicyclic) bond motifs is 2. The number of benzene rings is 1. The summed E-state index contributed by atoms with van der Waals surface area (Å²) in [6.45, 7) is 3.19. The first kappa shape index (κ1) is 13.6. The highest BCUT2D eigenvalue weighted by Gasteiger charge is 2.42. The number of ether oxygens (including phenoxy) is 2. The van der Waals surface area contributed by atoms with Gasteiger partial charge in [0.15, 0.2) is 0 Å². The molecule has 1 spiro atoms. The normalized spacial score (nSPS) is 25.4. The molecule has 1 unspecified atom stereocenters. The maximum absolute atomic E-state index is 5.69. The van der Waals surface area contributed by atoms with Gasteiger partial charge in [-0.2, -0.15) is 0 Å². The molecule has 0 radical (unpaired) electrons. The summed E-state index contributed by atoms with van der Waals surface area (Å²) in [7, 11) is 5.67. The van der Waals surface area contributed by atoms with Crippen LogP contribution in [0.5, 0.6) is 11.5 Å². The van der Waals surface area contributed by atoms with E-state index in [4.69, 9.17) is 9.47 Å². The predicted molar refractivity (Wildman–Crippen MR) is 81.2 cm³/mol. The molecule has 2 aliphatic rings. The zero-order chi connectivity index (χ0) is 14.2. The van der Waals surface area contributed by atoms with Crippen LogP contribution in [0, 0.1) is 0 Å². The van der Waals surface area contributed by atoms with Crippen LogP contribution >= 0.6 is 0 Å². The van der Waals surface area contributed by atoms with E-state index in [2.05, 4.69) is 23.3 Å². The van der Waals surface area contributed by atoms with Gasteiger partial charge in [-0.1, -0.05) is 0 Å². The first-order valence-electron chi connectivity index (χ1n) is 7.39. The summed E-state index contributed by atoms with van der Waals surface area (Å²) in [6, 6.07) is 4.08. The molecule has 0 bridgehead atoms. The van der Waals surface area contributed by atoms with Crippen molar-refractivity contribution in [1.29, 1.82) is 0 Å². The fourth-order valence-corrected chi connectivity index (χ4v) is 3.84. The second-order valence-corrected chi connectivity index (χ2v) is 5.93. The molecule has 0 aromatic heterocycles. The van der Waals surface area contributed by atoms with Crippen LogP contribution in [0.2, 0.25) is 0 Å². The summed E-state index contributed by atoms with van der Waals surface area (Å²) in [6.07, 6.45) is 3.59. The van der Waals surface area contributed by atoms with E-state index in [1.165, 1.54) is 30.5 Å². The molecule has 0 aliphatic carbocycles. The smallest absolute Gasteiger partial charge is 0.142 e. The lowest BCUT2D eigenvalue weighted by molar-refractivity contribution is 0.369. The molecule has 1 saturated heterocycles. The number of methoxy groups -OCH3 is 2. The van der Waals surface area contributed by atoms with Gasteiger partial charge >= 0.3 is 0 Å². The molecule has 3 rings (SSSR count). The van der Waals surface area contributed by atoms with Crippen molar-refractivity contribution >= 4 is 5.69 Å². The van der Waals surface area contributed by atoms with Crippen LogP contribution in [0.4, 0.5) is 5.69 Å². The van der Waals surface area contributed by atoms with Crippen molar-refractivity contribution in [2.45, 2.75) is 24.7 Å². The van der Waals surface area contributed by atoms with Gasteiger partial charge in [0, 0.05) is 31.1 Å². The molecule has 4 nitrogen and oxygen atoms in total. The fourth-order valence-electron chi connectivity index (χ4n) is 3.84. The first-order valence-corrected chi connectivity index (χ1v) is 7.39. The summed E-state index contributed by atoms with van der Waals surface area (Å²) in [5, 5.41) is 3.54. The quantitative estimate of drug-likeness (QED) is 0.897. The van der Waals surface area contributed by atoms with Gasteiger partial charge in [-0.3, -0.25) is 0 Å². The molecule has 0 amide bonds. The Morgan fingerprint density at radius 1 is 1.15 bits per heavy atom. The van der Waals surface area contributed by atoms with Crippen LogP contribution in [0.1, 0.15) is 24.8 Å². The number of hydrogen-bond acceptors (Lipinski definition) is 4. The lowest BCUT2D eigenvalue weighted by Gasteiger charge is -2.32. The van der Waals surface area contributed by atoms with Gasteiger partial charge < -0.3 is 19.7 Å². The topological polar surface area (TPSA) is 33.7 Å². The molecule has 110 valence electrons. The summed E-state index contributed by atoms with van der Waals surface area (Å²) < 4.78 is 11.3. The van der Waals surface area contributed by atoms with Gasteiger partial charge in [-0.25, -0.2) is 0 Å². The average molecular weight is 276 g/mol. The van der Waals surface area contributed by atoms with Crippen LogP contribution in [-0.4, -0.2) is 40.9 Å². The summed E-state index contributed by atoms with van der Waals surface area (Å²) in [4.78, 5) is 2.32. The minimum Gasteiger partial charge on any atom is -0.496 e. The molecule has 1 aromatic carbocycles. The second-order valence-electron chi connectivity index (χ2n) is 5.93. The summed E-state index contributed by atoms with van der Waals surface area (Å²) in [5.74, 6) is 1.95. The summed E-state index contributed by atoms with van der Waals surface area (Å²) >= 11 is 0. The highest BCUT2D eigenvalue weighted by Crippen LogP contribution is 2.50.